The molecule has 0 heterocycles. The van der Waals surface area contributed by atoms with Gasteiger partial charge in [0, 0.05) is 16.7 Å². The van der Waals surface area contributed by atoms with Crippen LogP contribution in [-0.4, -0.2) is 26.2 Å². The number of aryl methyl sites for hydroxylation is 1. The summed E-state index contributed by atoms with van der Waals surface area (Å²) >= 11 is 3.29. The largest absolute Gasteiger partial charge is 0.398 e. The fourth-order valence-corrected chi connectivity index (χ4v) is 4.54. The van der Waals surface area contributed by atoms with Crippen LogP contribution in [0.1, 0.15) is 31.2 Å². The summed E-state index contributed by atoms with van der Waals surface area (Å²) in [6, 6.07) is 3.17. The van der Waals surface area contributed by atoms with Crippen molar-refractivity contribution in [3.8, 4) is 0 Å². The van der Waals surface area contributed by atoms with Crippen LogP contribution in [0.2, 0.25) is 0 Å². The number of rotatable bonds is 4. The Hall–Kier alpha value is -0.630. The molecule has 2 rings (SSSR count). The summed E-state index contributed by atoms with van der Waals surface area (Å²) in [4.78, 5) is 0.208. The lowest BCUT2D eigenvalue weighted by atomic mass is 9.87. The molecule has 5 nitrogen and oxygen atoms in total. The van der Waals surface area contributed by atoms with Crippen LogP contribution < -0.4 is 10.5 Å². The van der Waals surface area contributed by atoms with Crippen molar-refractivity contribution in [1.29, 1.82) is 0 Å². The molecule has 1 saturated carbocycles. The number of sulfonamides is 1. The van der Waals surface area contributed by atoms with E-state index in [9.17, 15) is 13.5 Å². The first-order valence-corrected chi connectivity index (χ1v) is 9.30. The molecule has 7 heteroatoms. The van der Waals surface area contributed by atoms with Gasteiger partial charge in [0.25, 0.3) is 0 Å². The van der Waals surface area contributed by atoms with E-state index in [0.29, 0.717) is 28.7 Å². The lowest BCUT2D eigenvalue weighted by Gasteiger charge is -2.26. The molecule has 2 atom stereocenters. The molecule has 0 saturated heterocycles. The number of anilines is 1. The van der Waals surface area contributed by atoms with Gasteiger partial charge >= 0.3 is 0 Å². The fourth-order valence-electron chi connectivity index (χ4n) is 2.71. The van der Waals surface area contributed by atoms with Gasteiger partial charge in [-0.15, -0.1) is 0 Å². The van der Waals surface area contributed by atoms with Crippen molar-refractivity contribution in [2.45, 2.75) is 43.6 Å². The van der Waals surface area contributed by atoms with Crippen molar-refractivity contribution in [3.05, 3.63) is 22.2 Å². The highest BCUT2D eigenvalue weighted by Gasteiger charge is 2.24. The van der Waals surface area contributed by atoms with Crippen LogP contribution in [-0.2, 0) is 10.0 Å². The van der Waals surface area contributed by atoms with Gasteiger partial charge in [0.2, 0.25) is 10.0 Å². The van der Waals surface area contributed by atoms with Gasteiger partial charge in [-0.25, -0.2) is 13.1 Å². The predicted molar refractivity (Wildman–Crippen MR) is 86.4 cm³/mol. The normalized spacial score (nSPS) is 23.2. The summed E-state index contributed by atoms with van der Waals surface area (Å²) in [6.07, 6.45) is 3.05. The molecule has 1 aromatic rings. The highest BCUT2D eigenvalue weighted by Crippen LogP contribution is 2.27. The van der Waals surface area contributed by atoms with Crippen molar-refractivity contribution in [3.63, 3.8) is 0 Å². The highest BCUT2D eigenvalue weighted by molar-refractivity contribution is 9.10. The zero-order chi connectivity index (χ0) is 15.6. The molecule has 21 heavy (non-hydrogen) atoms. The summed E-state index contributed by atoms with van der Waals surface area (Å²) in [5.74, 6) is 0.191. The van der Waals surface area contributed by atoms with E-state index in [1.807, 2.05) is 0 Å². The van der Waals surface area contributed by atoms with Crippen LogP contribution in [0.25, 0.3) is 0 Å². The molecule has 0 aromatic heterocycles. The van der Waals surface area contributed by atoms with Gasteiger partial charge in [0.1, 0.15) is 0 Å². The summed E-state index contributed by atoms with van der Waals surface area (Å²) < 4.78 is 28.1. The first kappa shape index (κ1) is 16.7. The van der Waals surface area contributed by atoms with Crippen LogP contribution in [0, 0.1) is 12.8 Å². The van der Waals surface area contributed by atoms with E-state index < -0.39 is 10.0 Å². The van der Waals surface area contributed by atoms with Crippen molar-refractivity contribution in [2.75, 3.05) is 12.3 Å². The van der Waals surface area contributed by atoms with Gasteiger partial charge in [0.05, 0.1) is 11.0 Å². The second kappa shape index (κ2) is 6.64. The molecule has 2 unspecified atom stereocenters. The third-order valence-electron chi connectivity index (χ3n) is 3.90. The van der Waals surface area contributed by atoms with Gasteiger partial charge in [-0.3, -0.25) is 0 Å². The number of hydrogen-bond acceptors (Lipinski definition) is 4. The minimum Gasteiger partial charge on any atom is -0.398 e. The standard InChI is InChI=1S/C14H21BrN2O3S/c1-9-5-12(15)13(16)7-14(9)21(19,20)17-8-10-3-2-4-11(18)6-10/h5,7,10-11,17-18H,2-4,6,8,16H2,1H3. The van der Waals surface area contributed by atoms with E-state index in [-0.39, 0.29) is 16.9 Å². The van der Waals surface area contributed by atoms with Crippen LogP contribution in [0.3, 0.4) is 0 Å². The third-order valence-corrected chi connectivity index (χ3v) is 6.15. The molecule has 1 aliphatic carbocycles. The number of aliphatic hydroxyl groups excluding tert-OH is 1. The maximum absolute atomic E-state index is 12.4. The lowest BCUT2D eigenvalue weighted by molar-refractivity contribution is 0.102. The second-order valence-corrected chi connectivity index (χ2v) is 8.27. The number of nitrogens with one attached hydrogen (secondary N) is 1. The molecule has 1 aliphatic rings. The maximum atomic E-state index is 12.4. The topological polar surface area (TPSA) is 92.4 Å². The van der Waals surface area contributed by atoms with Crippen LogP contribution in [0.15, 0.2) is 21.5 Å². The third kappa shape index (κ3) is 4.18. The zero-order valence-corrected chi connectivity index (χ0v) is 14.4. The van der Waals surface area contributed by atoms with Gasteiger partial charge in [-0.2, -0.15) is 0 Å². The van der Waals surface area contributed by atoms with Crippen molar-refractivity contribution in [1.82, 2.24) is 4.72 Å². The van der Waals surface area contributed by atoms with Gasteiger partial charge in [0.15, 0.2) is 0 Å². The van der Waals surface area contributed by atoms with Gasteiger partial charge in [-0.1, -0.05) is 6.42 Å². The summed E-state index contributed by atoms with van der Waals surface area (Å²) in [5.41, 5.74) is 6.81. The molecule has 0 radical (unpaired) electrons. The van der Waals surface area contributed by atoms with E-state index in [4.69, 9.17) is 5.73 Å². The molecule has 118 valence electrons. The molecular weight excluding hydrogens is 356 g/mol. The van der Waals surface area contributed by atoms with Gasteiger partial charge in [-0.05, 0) is 65.7 Å². The molecule has 1 aromatic carbocycles. The van der Waals surface area contributed by atoms with E-state index in [2.05, 4.69) is 20.7 Å². The number of halogens is 1. The molecular formula is C14H21BrN2O3S. The Bertz CT molecular complexity index is 619. The molecule has 0 spiro atoms. The summed E-state index contributed by atoms with van der Waals surface area (Å²) in [7, 11) is -3.58. The molecule has 0 bridgehead atoms. The quantitative estimate of drug-likeness (QED) is 0.702. The molecule has 4 N–H and O–H groups in total. The summed E-state index contributed by atoms with van der Waals surface area (Å²) in [5, 5.41) is 9.64. The van der Waals surface area contributed by atoms with Crippen LogP contribution in [0.5, 0.6) is 0 Å². The Labute approximate surface area is 134 Å². The molecule has 1 fully saturated rings. The molecule has 0 amide bonds. The van der Waals surface area contributed by atoms with Crippen molar-refractivity contribution in [2.24, 2.45) is 5.92 Å². The lowest BCUT2D eigenvalue weighted by Crippen LogP contribution is -2.33. The van der Waals surface area contributed by atoms with Crippen LogP contribution in [0.4, 0.5) is 5.69 Å². The predicted octanol–water partition coefficient (Wildman–Crippen LogP) is 2.17. The Morgan fingerprint density at radius 2 is 2.14 bits per heavy atom. The highest BCUT2D eigenvalue weighted by atomic mass is 79.9. The second-order valence-electron chi connectivity index (χ2n) is 5.68. The SMILES string of the molecule is Cc1cc(Br)c(N)cc1S(=O)(=O)NCC1CCCC(O)C1. The van der Waals surface area contributed by atoms with E-state index in [1.165, 1.54) is 6.07 Å². The van der Waals surface area contributed by atoms with E-state index >= 15 is 0 Å². The average molecular weight is 377 g/mol. The van der Waals surface area contributed by atoms with Crippen LogP contribution >= 0.6 is 15.9 Å². The van der Waals surface area contributed by atoms with Crippen molar-refractivity contribution < 1.29 is 13.5 Å². The minimum absolute atomic E-state index is 0.191. The first-order valence-electron chi connectivity index (χ1n) is 7.03. The summed E-state index contributed by atoms with van der Waals surface area (Å²) in [6.45, 7) is 2.10. The number of nitrogen functional groups attached to an aromatic ring is 1. The first-order chi connectivity index (χ1) is 9.79. The smallest absolute Gasteiger partial charge is 0.240 e. The Balaban J connectivity index is 2.10. The Kier molecular flexibility index (Phi) is 5.29. The molecule has 0 aliphatic heterocycles. The van der Waals surface area contributed by atoms with E-state index in [1.54, 1.807) is 13.0 Å². The number of aliphatic hydroxyl groups is 1. The fraction of sp³-hybridized carbons (Fsp3) is 0.571. The number of benzene rings is 1. The number of hydrogen-bond donors (Lipinski definition) is 3. The maximum Gasteiger partial charge on any atom is 0.240 e. The van der Waals surface area contributed by atoms with Crippen molar-refractivity contribution >= 4 is 31.6 Å². The monoisotopic (exact) mass is 376 g/mol. The average Bonchev–Trinajstić information content (AvgIpc) is 2.41. The van der Waals surface area contributed by atoms with E-state index in [0.717, 1.165) is 19.3 Å². The Morgan fingerprint density at radius 1 is 1.43 bits per heavy atom. The Morgan fingerprint density at radius 3 is 2.81 bits per heavy atom. The number of nitrogens with two attached hydrogens (primary N) is 1. The van der Waals surface area contributed by atoms with Gasteiger partial charge < -0.3 is 10.8 Å². The minimum atomic E-state index is -3.58. The zero-order valence-electron chi connectivity index (χ0n) is 12.0.